The number of fused-ring (bicyclic) bond motifs is 3. The first-order valence-electron chi connectivity index (χ1n) is 10.8. The number of hydrogen-bond acceptors (Lipinski definition) is 6. The Balaban J connectivity index is 1.53. The van der Waals surface area contributed by atoms with Gasteiger partial charge in [-0.05, 0) is 47.6 Å². The monoisotopic (exact) mass is 407 g/mol. The van der Waals surface area contributed by atoms with Crippen LogP contribution in [-0.4, -0.2) is 34.0 Å². The highest BCUT2D eigenvalue weighted by Crippen LogP contribution is 2.54. The highest BCUT2D eigenvalue weighted by atomic mass is 16.6. The molecule has 1 aromatic heterocycles. The van der Waals surface area contributed by atoms with Crippen LogP contribution in [0.2, 0.25) is 0 Å². The SMILES string of the molecule is CC1(C)CC2CC(C)(CN2c2ncnc(N3CCc4ccccc4C3)c2[N+](=O)[O-])C1. The van der Waals surface area contributed by atoms with Crippen LogP contribution in [0.4, 0.5) is 17.3 Å². The maximum atomic E-state index is 12.3. The van der Waals surface area contributed by atoms with Gasteiger partial charge in [-0.25, -0.2) is 9.97 Å². The Hall–Kier alpha value is -2.70. The summed E-state index contributed by atoms with van der Waals surface area (Å²) in [6.45, 7) is 9.12. The van der Waals surface area contributed by atoms with E-state index in [-0.39, 0.29) is 21.4 Å². The minimum absolute atomic E-state index is 0.0610. The second-order valence-corrected chi connectivity index (χ2v) is 10.4. The molecule has 0 radical (unpaired) electrons. The topological polar surface area (TPSA) is 75.4 Å². The number of aromatic nitrogens is 2. The van der Waals surface area contributed by atoms with Gasteiger partial charge in [0, 0.05) is 25.7 Å². The summed E-state index contributed by atoms with van der Waals surface area (Å²) in [4.78, 5) is 25.1. The van der Waals surface area contributed by atoms with E-state index in [0.29, 0.717) is 24.2 Å². The zero-order valence-electron chi connectivity index (χ0n) is 18.0. The van der Waals surface area contributed by atoms with Crippen LogP contribution in [0.3, 0.4) is 0 Å². The van der Waals surface area contributed by atoms with Gasteiger partial charge in [-0.1, -0.05) is 45.0 Å². The van der Waals surface area contributed by atoms with Crippen LogP contribution in [0.5, 0.6) is 0 Å². The van der Waals surface area contributed by atoms with Crippen molar-refractivity contribution in [3.63, 3.8) is 0 Å². The highest BCUT2D eigenvalue weighted by Gasteiger charge is 2.51. The molecule has 5 rings (SSSR count). The molecule has 1 saturated heterocycles. The van der Waals surface area contributed by atoms with Crippen LogP contribution in [0.15, 0.2) is 30.6 Å². The fraction of sp³-hybridized carbons (Fsp3) is 0.565. The standard InChI is InChI=1S/C23H29N5O2/c1-22(2)10-18-11-23(3,13-22)14-27(18)21-19(28(29)30)20(24-15-25-21)26-9-8-16-6-4-5-7-17(16)12-26/h4-7,15,18H,8-14H2,1-3H3. The largest absolute Gasteiger partial charge is 0.353 e. The van der Waals surface area contributed by atoms with Crippen molar-refractivity contribution < 1.29 is 4.92 Å². The summed E-state index contributed by atoms with van der Waals surface area (Å²) in [7, 11) is 0. The summed E-state index contributed by atoms with van der Waals surface area (Å²) in [6.07, 6.45) is 5.63. The molecule has 2 fully saturated rings. The third-order valence-corrected chi connectivity index (χ3v) is 7.08. The van der Waals surface area contributed by atoms with Crippen molar-refractivity contribution >= 4 is 17.3 Å². The number of nitro groups is 1. The van der Waals surface area contributed by atoms with Gasteiger partial charge in [0.15, 0.2) is 0 Å². The molecule has 2 bridgehead atoms. The molecule has 7 heteroatoms. The van der Waals surface area contributed by atoms with Gasteiger partial charge in [-0.15, -0.1) is 0 Å². The van der Waals surface area contributed by atoms with Crippen LogP contribution in [0.1, 0.15) is 51.2 Å². The Morgan fingerprint density at radius 2 is 1.83 bits per heavy atom. The molecule has 0 amide bonds. The smallest absolute Gasteiger partial charge is 0.347 e. The van der Waals surface area contributed by atoms with E-state index in [0.717, 1.165) is 38.8 Å². The van der Waals surface area contributed by atoms with Gasteiger partial charge >= 0.3 is 5.69 Å². The number of nitrogens with zero attached hydrogens (tertiary/aromatic N) is 5. The van der Waals surface area contributed by atoms with E-state index in [4.69, 9.17) is 0 Å². The van der Waals surface area contributed by atoms with E-state index in [1.54, 1.807) is 0 Å². The quantitative estimate of drug-likeness (QED) is 0.556. The first-order valence-corrected chi connectivity index (χ1v) is 10.8. The van der Waals surface area contributed by atoms with Crippen molar-refractivity contribution in [1.82, 2.24) is 9.97 Å². The summed E-state index contributed by atoms with van der Waals surface area (Å²) in [5.74, 6) is 0.945. The van der Waals surface area contributed by atoms with Gasteiger partial charge in [0.25, 0.3) is 0 Å². The van der Waals surface area contributed by atoms with Gasteiger partial charge in [0.05, 0.1) is 4.92 Å². The lowest BCUT2D eigenvalue weighted by atomic mass is 9.65. The zero-order chi connectivity index (χ0) is 21.1. The van der Waals surface area contributed by atoms with E-state index in [2.05, 4.69) is 47.8 Å². The molecule has 0 spiro atoms. The van der Waals surface area contributed by atoms with Gasteiger partial charge in [-0.2, -0.15) is 0 Å². The van der Waals surface area contributed by atoms with E-state index in [1.165, 1.54) is 17.5 Å². The van der Waals surface area contributed by atoms with E-state index >= 15 is 0 Å². The highest BCUT2D eigenvalue weighted by molar-refractivity contribution is 5.72. The fourth-order valence-electron chi connectivity index (χ4n) is 6.35. The van der Waals surface area contributed by atoms with Crippen LogP contribution in [0.25, 0.3) is 0 Å². The Morgan fingerprint density at radius 3 is 2.60 bits per heavy atom. The molecule has 7 nitrogen and oxygen atoms in total. The lowest BCUT2D eigenvalue weighted by Crippen LogP contribution is -2.36. The minimum Gasteiger partial charge on any atom is -0.347 e. The lowest BCUT2D eigenvalue weighted by Gasteiger charge is -2.39. The number of rotatable bonds is 3. The van der Waals surface area contributed by atoms with Crippen molar-refractivity contribution in [3.8, 4) is 0 Å². The Morgan fingerprint density at radius 1 is 1.10 bits per heavy atom. The molecular formula is C23H29N5O2. The zero-order valence-corrected chi connectivity index (χ0v) is 18.0. The summed E-state index contributed by atoms with van der Waals surface area (Å²) in [6, 6.07) is 8.60. The van der Waals surface area contributed by atoms with Crippen LogP contribution >= 0.6 is 0 Å². The predicted molar refractivity (Wildman–Crippen MR) is 117 cm³/mol. The first kappa shape index (κ1) is 19.3. The van der Waals surface area contributed by atoms with E-state index in [1.807, 2.05) is 17.0 Å². The van der Waals surface area contributed by atoms with Crippen molar-refractivity contribution in [2.75, 3.05) is 22.9 Å². The molecule has 3 aliphatic rings. The van der Waals surface area contributed by atoms with E-state index in [9.17, 15) is 10.1 Å². The van der Waals surface area contributed by atoms with Crippen molar-refractivity contribution in [1.29, 1.82) is 0 Å². The predicted octanol–water partition coefficient (Wildman–Crippen LogP) is 4.35. The maximum absolute atomic E-state index is 12.3. The lowest BCUT2D eigenvalue weighted by molar-refractivity contribution is -0.383. The molecular weight excluding hydrogens is 378 g/mol. The molecule has 30 heavy (non-hydrogen) atoms. The number of hydrogen-bond donors (Lipinski definition) is 0. The molecule has 2 aliphatic heterocycles. The molecule has 158 valence electrons. The molecule has 2 atom stereocenters. The molecule has 1 aliphatic carbocycles. The summed E-state index contributed by atoms with van der Waals surface area (Å²) in [5, 5.41) is 12.3. The molecule has 3 heterocycles. The van der Waals surface area contributed by atoms with Gasteiger partial charge in [0.2, 0.25) is 11.6 Å². The summed E-state index contributed by atoms with van der Waals surface area (Å²) in [5.41, 5.74) is 3.01. The summed E-state index contributed by atoms with van der Waals surface area (Å²) >= 11 is 0. The number of anilines is 2. The maximum Gasteiger partial charge on any atom is 0.353 e. The van der Waals surface area contributed by atoms with Crippen LogP contribution in [0, 0.1) is 20.9 Å². The second kappa shape index (κ2) is 6.65. The Labute approximate surface area is 177 Å². The normalized spacial score (nSPS) is 27.1. The average molecular weight is 408 g/mol. The average Bonchev–Trinajstić information content (AvgIpc) is 2.95. The number of benzene rings is 1. The minimum atomic E-state index is -0.277. The molecule has 0 N–H and O–H groups in total. The molecule has 1 saturated carbocycles. The molecule has 2 unspecified atom stereocenters. The fourth-order valence-corrected chi connectivity index (χ4v) is 6.35. The summed E-state index contributed by atoms with van der Waals surface area (Å²) < 4.78 is 0. The first-order chi connectivity index (χ1) is 14.2. The van der Waals surface area contributed by atoms with Gasteiger partial charge in [0.1, 0.15) is 6.33 Å². The van der Waals surface area contributed by atoms with Crippen molar-refractivity contribution in [3.05, 3.63) is 51.8 Å². The third kappa shape index (κ3) is 3.20. The molecule has 2 aromatic rings. The second-order valence-electron chi connectivity index (χ2n) is 10.4. The van der Waals surface area contributed by atoms with Crippen LogP contribution in [-0.2, 0) is 13.0 Å². The van der Waals surface area contributed by atoms with Crippen molar-refractivity contribution in [2.24, 2.45) is 10.8 Å². The van der Waals surface area contributed by atoms with Crippen LogP contribution < -0.4 is 9.80 Å². The van der Waals surface area contributed by atoms with E-state index < -0.39 is 0 Å². The van der Waals surface area contributed by atoms with Gasteiger partial charge < -0.3 is 9.80 Å². The Bertz CT molecular complexity index is 1010. The van der Waals surface area contributed by atoms with Gasteiger partial charge in [-0.3, -0.25) is 10.1 Å². The molecule has 1 aromatic carbocycles. The van der Waals surface area contributed by atoms with Crippen molar-refractivity contribution in [2.45, 2.75) is 59.0 Å². The third-order valence-electron chi connectivity index (χ3n) is 7.08. The Kier molecular flexibility index (Phi) is 4.27.